The van der Waals surface area contributed by atoms with E-state index in [1.807, 2.05) is 6.92 Å². The van der Waals surface area contributed by atoms with Gasteiger partial charge < -0.3 is 10.0 Å². The number of anilines is 1. The second kappa shape index (κ2) is 6.31. The number of hydrogen-bond donors (Lipinski definition) is 1. The molecule has 0 fully saturated rings. The fraction of sp³-hybridized carbons (Fsp3) is 0.375. The first-order chi connectivity index (χ1) is 10.2. The minimum absolute atomic E-state index is 0.214. The smallest absolute Gasteiger partial charge is 0.150 e. The molecular formula is C16H20N4O. The zero-order valence-corrected chi connectivity index (χ0v) is 12.7. The summed E-state index contributed by atoms with van der Waals surface area (Å²) in [5, 5.41) is 23.5. The van der Waals surface area contributed by atoms with E-state index in [-0.39, 0.29) is 5.75 Å². The third-order valence-electron chi connectivity index (χ3n) is 3.54. The number of nitriles is 1. The number of phenols is 1. The van der Waals surface area contributed by atoms with Crippen molar-refractivity contribution in [2.45, 2.75) is 27.2 Å². The highest BCUT2D eigenvalue weighted by molar-refractivity contribution is 5.61. The molecule has 0 aliphatic heterocycles. The van der Waals surface area contributed by atoms with Crippen LogP contribution in [0.1, 0.15) is 32.0 Å². The highest BCUT2D eigenvalue weighted by Crippen LogP contribution is 2.28. The lowest BCUT2D eigenvalue weighted by molar-refractivity contribution is 0.475. The van der Waals surface area contributed by atoms with E-state index in [1.54, 1.807) is 28.9 Å². The number of rotatable bonds is 5. The summed E-state index contributed by atoms with van der Waals surface area (Å²) in [5.74, 6) is 1.04. The molecule has 0 saturated heterocycles. The molecule has 1 heterocycles. The van der Waals surface area contributed by atoms with E-state index in [4.69, 9.17) is 0 Å². The maximum absolute atomic E-state index is 9.50. The normalized spacial score (nSPS) is 10.4. The van der Waals surface area contributed by atoms with Gasteiger partial charge in [-0.1, -0.05) is 6.92 Å². The molecular weight excluding hydrogens is 264 g/mol. The van der Waals surface area contributed by atoms with Crippen LogP contribution in [0, 0.1) is 11.3 Å². The van der Waals surface area contributed by atoms with E-state index >= 15 is 0 Å². The number of phenolic OH excluding ortho intramolecular Hbond substituents is 1. The summed E-state index contributed by atoms with van der Waals surface area (Å²) in [7, 11) is 0. The van der Waals surface area contributed by atoms with Crippen LogP contribution in [0.25, 0.3) is 5.69 Å². The molecule has 0 spiro atoms. The van der Waals surface area contributed by atoms with Gasteiger partial charge in [-0.25, -0.2) is 4.68 Å². The lowest BCUT2D eigenvalue weighted by Gasteiger charge is -2.22. The van der Waals surface area contributed by atoms with E-state index in [0.29, 0.717) is 12.0 Å². The Kier molecular flexibility index (Phi) is 4.49. The largest absolute Gasteiger partial charge is 0.508 e. The molecule has 0 aliphatic rings. The quantitative estimate of drug-likeness (QED) is 0.917. The van der Waals surface area contributed by atoms with Gasteiger partial charge in [0.25, 0.3) is 0 Å². The number of aromatic nitrogens is 2. The second-order valence-corrected chi connectivity index (χ2v) is 4.71. The van der Waals surface area contributed by atoms with E-state index < -0.39 is 0 Å². The lowest BCUT2D eigenvalue weighted by Crippen LogP contribution is -2.25. The van der Waals surface area contributed by atoms with Crippen LogP contribution in [-0.2, 0) is 6.42 Å². The van der Waals surface area contributed by atoms with Crippen LogP contribution in [0.5, 0.6) is 5.75 Å². The highest BCUT2D eigenvalue weighted by atomic mass is 16.3. The predicted octanol–water partition coefficient (Wildman–Crippen LogP) is 2.86. The van der Waals surface area contributed by atoms with Crippen molar-refractivity contribution in [2.75, 3.05) is 18.0 Å². The van der Waals surface area contributed by atoms with E-state index in [9.17, 15) is 10.4 Å². The molecule has 0 unspecified atom stereocenters. The van der Waals surface area contributed by atoms with Crippen molar-refractivity contribution in [3.63, 3.8) is 0 Å². The van der Waals surface area contributed by atoms with Gasteiger partial charge in [-0.05, 0) is 44.5 Å². The molecule has 5 nitrogen and oxygen atoms in total. The Morgan fingerprint density at radius 3 is 2.29 bits per heavy atom. The molecule has 2 aromatic rings. The lowest BCUT2D eigenvalue weighted by atomic mass is 10.2. The van der Waals surface area contributed by atoms with Crippen LogP contribution < -0.4 is 4.90 Å². The third-order valence-corrected chi connectivity index (χ3v) is 3.54. The van der Waals surface area contributed by atoms with Crippen LogP contribution in [0.15, 0.2) is 24.3 Å². The Morgan fingerprint density at radius 2 is 1.81 bits per heavy atom. The molecule has 0 radical (unpaired) electrons. The predicted molar refractivity (Wildman–Crippen MR) is 82.9 cm³/mol. The highest BCUT2D eigenvalue weighted by Gasteiger charge is 2.21. The molecule has 1 N–H and O–H groups in total. The fourth-order valence-corrected chi connectivity index (χ4v) is 2.40. The van der Waals surface area contributed by atoms with Gasteiger partial charge in [-0.15, -0.1) is 0 Å². The second-order valence-electron chi connectivity index (χ2n) is 4.71. The van der Waals surface area contributed by atoms with Crippen LogP contribution in [-0.4, -0.2) is 28.0 Å². The minimum Gasteiger partial charge on any atom is -0.508 e. The van der Waals surface area contributed by atoms with Gasteiger partial charge >= 0.3 is 0 Å². The Bertz CT molecular complexity index is 648. The van der Waals surface area contributed by atoms with Crippen LogP contribution in [0.2, 0.25) is 0 Å². The van der Waals surface area contributed by atoms with Gasteiger partial charge in [-0.2, -0.15) is 10.4 Å². The summed E-state index contributed by atoms with van der Waals surface area (Å²) in [6.45, 7) is 7.72. The Morgan fingerprint density at radius 1 is 1.19 bits per heavy atom. The van der Waals surface area contributed by atoms with Crippen molar-refractivity contribution in [1.82, 2.24) is 9.78 Å². The van der Waals surface area contributed by atoms with Crippen molar-refractivity contribution in [3.05, 3.63) is 35.5 Å². The van der Waals surface area contributed by atoms with E-state index in [0.717, 1.165) is 30.3 Å². The first-order valence-corrected chi connectivity index (χ1v) is 7.22. The molecule has 1 aromatic heterocycles. The zero-order valence-electron chi connectivity index (χ0n) is 12.7. The summed E-state index contributed by atoms with van der Waals surface area (Å²) in [4.78, 5) is 2.12. The number of hydrogen-bond acceptors (Lipinski definition) is 4. The van der Waals surface area contributed by atoms with Crippen molar-refractivity contribution in [3.8, 4) is 17.5 Å². The minimum atomic E-state index is 0.214. The van der Waals surface area contributed by atoms with Gasteiger partial charge in [0.15, 0.2) is 5.82 Å². The standard InChI is InChI=1S/C16H20N4O/c1-4-15-14(11-17)16(19(5-2)6-3)20(18-15)12-7-9-13(21)10-8-12/h7-10,21H,4-6H2,1-3H3. The van der Waals surface area contributed by atoms with Crippen molar-refractivity contribution in [2.24, 2.45) is 0 Å². The van der Waals surface area contributed by atoms with Gasteiger partial charge in [-0.3, -0.25) is 0 Å². The molecule has 0 bridgehead atoms. The summed E-state index contributed by atoms with van der Waals surface area (Å²) in [6.07, 6.45) is 0.711. The van der Waals surface area contributed by atoms with Crippen LogP contribution in [0.3, 0.4) is 0 Å². The van der Waals surface area contributed by atoms with Crippen molar-refractivity contribution in [1.29, 1.82) is 5.26 Å². The number of aryl methyl sites for hydroxylation is 1. The van der Waals surface area contributed by atoms with Gasteiger partial charge in [0.1, 0.15) is 17.4 Å². The monoisotopic (exact) mass is 284 g/mol. The Labute approximate surface area is 125 Å². The molecule has 1 aromatic carbocycles. The molecule has 0 aliphatic carbocycles. The fourth-order valence-electron chi connectivity index (χ4n) is 2.40. The van der Waals surface area contributed by atoms with Crippen molar-refractivity contribution >= 4 is 5.82 Å². The van der Waals surface area contributed by atoms with E-state index in [2.05, 4.69) is 29.9 Å². The van der Waals surface area contributed by atoms with Gasteiger partial charge in [0.2, 0.25) is 0 Å². The summed E-state index contributed by atoms with van der Waals surface area (Å²) < 4.78 is 1.80. The summed E-state index contributed by atoms with van der Waals surface area (Å²) >= 11 is 0. The third kappa shape index (κ3) is 2.70. The first-order valence-electron chi connectivity index (χ1n) is 7.22. The average Bonchev–Trinajstić information content (AvgIpc) is 2.88. The molecule has 2 rings (SSSR count). The van der Waals surface area contributed by atoms with Gasteiger partial charge in [0, 0.05) is 13.1 Å². The molecule has 0 saturated carbocycles. The summed E-state index contributed by atoms with van der Waals surface area (Å²) in [5.41, 5.74) is 2.27. The maximum atomic E-state index is 9.50. The zero-order chi connectivity index (χ0) is 15.4. The first kappa shape index (κ1) is 14.9. The average molecular weight is 284 g/mol. The van der Waals surface area contributed by atoms with Crippen LogP contribution >= 0.6 is 0 Å². The topological polar surface area (TPSA) is 65.1 Å². The number of benzene rings is 1. The molecule has 0 atom stereocenters. The Balaban J connectivity index is 2.67. The number of aromatic hydroxyl groups is 1. The SMILES string of the molecule is CCc1nn(-c2ccc(O)cc2)c(N(CC)CC)c1C#N. The van der Waals surface area contributed by atoms with Crippen LogP contribution in [0.4, 0.5) is 5.82 Å². The maximum Gasteiger partial charge on any atom is 0.150 e. The summed E-state index contributed by atoms with van der Waals surface area (Å²) in [6, 6.07) is 9.15. The van der Waals surface area contributed by atoms with Crippen molar-refractivity contribution < 1.29 is 5.11 Å². The Hall–Kier alpha value is -2.48. The molecule has 0 amide bonds. The number of nitrogens with zero attached hydrogens (tertiary/aromatic N) is 4. The van der Waals surface area contributed by atoms with E-state index in [1.165, 1.54) is 0 Å². The van der Waals surface area contributed by atoms with Gasteiger partial charge in [0.05, 0.1) is 11.4 Å². The molecule has 21 heavy (non-hydrogen) atoms. The molecule has 5 heteroatoms. The molecule has 110 valence electrons.